The maximum absolute atomic E-state index is 12.6. The molecule has 1 atom stereocenters. The topological polar surface area (TPSA) is 144 Å². The SMILES string of the molecule is CCOC(=O)CC1(O)CCN(CC2CN(c3ccc(/C(N)=N\C(=O)OCc4ccccc4)cc3)C(=O)O2)CC1. The fourth-order valence-electron chi connectivity index (χ4n) is 4.65. The van der Waals surface area contributed by atoms with Gasteiger partial charge in [0, 0.05) is 30.9 Å². The van der Waals surface area contributed by atoms with E-state index in [1.165, 1.54) is 4.90 Å². The molecule has 4 rings (SSSR count). The van der Waals surface area contributed by atoms with Crippen LogP contribution in [0.1, 0.15) is 37.3 Å². The molecule has 11 nitrogen and oxygen atoms in total. The van der Waals surface area contributed by atoms with Crippen LogP contribution < -0.4 is 10.6 Å². The van der Waals surface area contributed by atoms with Crippen LogP contribution in [0.15, 0.2) is 59.6 Å². The van der Waals surface area contributed by atoms with E-state index in [2.05, 4.69) is 9.89 Å². The molecule has 0 saturated carbocycles. The third-order valence-corrected chi connectivity index (χ3v) is 6.79. The van der Waals surface area contributed by atoms with Gasteiger partial charge in [-0.15, -0.1) is 0 Å². The summed E-state index contributed by atoms with van der Waals surface area (Å²) in [5.41, 5.74) is 6.91. The highest BCUT2D eigenvalue weighted by atomic mass is 16.6. The molecule has 2 aromatic carbocycles. The van der Waals surface area contributed by atoms with Gasteiger partial charge in [-0.3, -0.25) is 14.6 Å². The first kappa shape index (κ1) is 28.1. The van der Waals surface area contributed by atoms with Crippen LogP contribution in [0, 0.1) is 0 Å². The second kappa shape index (κ2) is 12.7. The molecule has 0 aromatic heterocycles. The largest absolute Gasteiger partial charge is 0.466 e. The van der Waals surface area contributed by atoms with Crippen LogP contribution in [0.25, 0.3) is 0 Å². The number of aliphatic hydroxyl groups is 1. The molecule has 2 fully saturated rings. The van der Waals surface area contributed by atoms with E-state index >= 15 is 0 Å². The van der Waals surface area contributed by atoms with Crippen LogP contribution in [0.4, 0.5) is 15.3 Å². The molecule has 208 valence electrons. The van der Waals surface area contributed by atoms with Crippen LogP contribution >= 0.6 is 0 Å². The molecule has 0 spiro atoms. The first-order chi connectivity index (χ1) is 18.7. The highest BCUT2D eigenvalue weighted by Gasteiger charge is 2.38. The Balaban J connectivity index is 1.26. The van der Waals surface area contributed by atoms with Crippen molar-refractivity contribution >= 4 is 29.7 Å². The molecule has 0 radical (unpaired) electrons. The minimum atomic E-state index is -1.06. The number of likely N-dealkylation sites (tertiary alicyclic amines) is 1. The van der Waals surface area contributed by atoms with Crippen molar-refractivity contribution in [1.82, 2.24) is 4.90 Å². The van der Waals surface area contributed by atoms with Crippen molar-refractivity contribution in [2.45, 2.75) is 44.5 Å². The van der Waals surface area contributed by atoms with Crippen LogP contribution in [-0.4, -0.2) is 78.5 Å². The Bertz CT molecular complexity index is 1180. The minimum Gasteiger partial charge on any atom is -0.466 e. The summed E-state index contributed by atoms with van der Waals surface area (Å²) in [6.45, 7) is 4.20. The summed E-state index contributed by atoms with van der Waals surface area (Å²) >= 11 is 0. The van der Waals surface area contributed by atoms with E-state index in [0.29, 0.717) is 50.3 Å². The number of hydrogen-bond donors (Lipinski definition) is 2. The Morgan fingerprint density at radius 2 is 1.79 bits per heavy atom. The summed E-state index contributed by atoms with van der Waals surface area (Å²) in [5, 5.41) is 10.7. The quantitative estimate of drug-likeness (QED) is 0.213. The summed E-state index contributed by atoms with van der Waals surface area (Å²) in [5.74, 6) is -0.384. The number of esters is 1. The van der Waals surface area contributed by atoms with Gasteiger partial charge in [0.1, 0.15) is 18.5 Å². The third-order valence-electron chi connectivity index (χ3n) is 6.79. The summed E-state index contributed by atoms with van der Waals surface area (Å²) in [7, 11) is 0. The molecule has 1 unspecified atom stereocenters. The van der Waals surface area contributed by atoms with Gasteiger partial charge in [0.05, 0.1) is 25.2 Å². The van der Waals surface area contributed by atoms with Gasteiger partial charge in [0.2, 0.25) is 0 Å². The number of anilines is 1. The molecule has 2 aliphatic rings. The lowest BCUT2D eigenvalue weighted by molar-refractivity contribution is -0.150. The molecule has 2 saturated heterocycles. The van der Waals surface area contributed by atoms with Crippen molar-refractivity contribution in [1.29, 1.82) is 0 Å². The molecule has 3 N–H and O–H groups in total. The summed E-state index contributed by atoms with van der Waals surface area (Å²) in [4.78, 5) is 43.8. The fourth-order valence-corrected chi connectivity index (χ4v) is 4.65. The second-order valence-electron chi connectivity index (χ2n) is 9.71. The van der Waals surface area contributed by atoms with Crippen molar-refractivity contribution in [3.05, 3.63) is 65.7 Å². The van der Waals surface area contributed by atoms with Gasteiger partial charge in [0.25, 0.3) is 0 Å². The summed E-state index contributed by atoms with van der Waals surface area (Å²) < 4.78 is 15.7. The zero-order valence-corrected chi connectivity index (χ0v) is 22.0. The average molecular weight is 539 g/mol. The van der Waals surface area contributed by atoms with E-state index in [0.717, 1.165) is 5.56 Å². The Morgan fingerprint density at radius 3 is 2.46 bits per heavy atom. The maximum atomic E-state index is 12.6. The average Bonchev–Trinajstić information content (AvgIpc) is 3.29. The standard InChI is InChI=1S/C28H34N4O7/c1-2-37-24(33)16-28(36)12-14-31(15-13-28)17-23-18-32(27(35)39-23)22-10-8-21(9-11-22)25(29)30-26(34)38-19-20-6-4-3-5-7-20/h3-11,23,36H,2,12-19H2,1H3,(H2,29,30,34). The number of nitrogens with zero attached hydrogens (tertiary/aromatic N) is 3. The van der Waals surface area contributed by atoms with Gasteiger partial charge in [-0.2, -0.15) is 4.99 Å². The molecule has 2 aliphatic heterocycles. The van der Waals surface area contributed by atoms with Gasteiger partial charge >= 0.3 is 18.2 Å². The monoisotopic (exact) mass is 538 g/mol. The Kier molecular flexibility index (Phi) is 9.15. The van der Waals surface area contributed by atoms with Gasteiger partial charge < -0.3 is 25.1 Å². The number of carbonyl (C=O) groups is 3. The van der Waals surface area contributed by atoms with E-state index < -0.39 is 23.8 Å². The Hall–Kier alpha value is -3.96. The summed E-state index contributed by atoms with van der Waals surface area (Å²) in [6.07, 6.45) is -0.695. The summed E-state index contributed by atoms with van der Waals surface area (Å²) in [6, 6.07) is 16.0. The number of carbonyl (C=O) groups excluding carboxylic acids is 3. The maximum Gasteiger partial charge on any atom is 0.435 e. The number of nitrogens with two attached hydrogens (primary N) is 1. The van der Waals surface area contributed by atoms with Crippen LogP contribution in [-0.2, 0) is 25.6 Å². The van der Waals surface area contributed by atoms with E-state index in [1.54, 1.807) is 31.2 Å². The minimum absolute atomic E-state index is 0.00880. The lowest BCUT2D eigenvalue weighted by Crippen LogP contribution is -2.48. The Labute approximate surface area is 227 Å². The van der Waals surface area contributed by atoms with Crippen LogP contribution in [0.3, 0.4) is 0 Å². The van der Waals surface area contributed by atoms with Crippen molar-refractivity contribution in [2.75, 3.05) is 37.7 Å². The van der Waals surface area contributed by atoms with Gasteiger partial charge in [0.15, 0.2) is 0 Å². The molecular formula is C28H34N4O7. The van der Waals surface area contributed by atoms with Crippen molar-refractivity contribution < 1.29 is 33.7 Å². The van der Waals surface area contributed by atoms with Gasteiger partial charge in [-0.25, -0.2) is 9.59 Å². The van der Waals surface area contributed by atoms with Crippen molar-refractivity contribution in [3.63, 3.8) is 0 Å². The van der Waals surface area contributed by atoms with E-state index in [-0.39, 0.29) is 31.6 Å². The highest BCUT2D eigenvalue weighted by Crippen LogP contribution is 2.28. The molecule has 0 aliphatic carbocycles. The van der Waals surface area contributed by atoms with E-state index in [9.17, 15) is 19.5 Å². The molecule has 11 heteroatoms. The number of rotatable bonds is 9. The zero-order chi connectivity index (χ0) is 27.8. The second-order valence-corrected chi connectivity index (χ2v) is 9.71. The number of cyclic esters (lactones) is 1. The number of amides is 2. The smallest absolute Gasteiger partial charge is 0.435 e. The number of piperidine rings is 1. The number of ether oxygens (including phenoxy) is 3. The highest BCUT2D eigenvalue weighted by molar-refractivity contribution is 6.03. The van der Waals surface area contributed by atoms with E-state index in [1.807, 2.05) is 30.3 Å². The van der Waals surface area contributed by atoms with Crippen LogP contribution in [0.5, 0.6) is 0 Å². The first-order valence-corrected chi connectivity index (χ1v) is 13.0. The predicted molar refractivity (Wildman–Crippen MR) is 143 cm³/mol. The lowest BCUT2D eigenvalue weighted by atomic mass is 9.88. The molecule has 2 aromatic rings. The Morgan fingerprint density at radius 1 is 1.10 bits per heavy atom. The zero-order valence-electron chi connectivity index (χ0n) is 22.0. The van der Waals surface area contributed by atoms with Gasteiger partial charge in [-0.05, 0) is 49.6 Å². The lowest BCUT2D eigenvalue weighted by Gasteiger charge is -2.38. The number of hydrogen-bond acceptors (Lipinski definition) is 8. The molecule has 2 amide bonds. The number of benzene rings is 2. The van der Waals surface area contributed by atoms with Crippen LogP contribution in [0.2, 0.25) is 0 Å². The molecular weight excluding hydrogens is 504 g/mol. The first-order valence-electron chi connectivity index (χ1n) is 13.0. The number of aliphatic imine (C=N–C) groups is 1. The normalized spacial score (nSPS) is 19.4. The van der Waals surface area contributed by atoms with Gasteiger partial charge in [-0.1, -0.05) is 30.3 Å². The molecule has 2 heterocycles. The fraction of sp³-hybridized carbons (Fsp3) is 0.429. The van der Waals surface area contributed by atoms with Crippen molar-refractivity contribution in [3.8, 4) is 0 Å². The van der Waals surface area contributed by atoms with E-state index in [4.69, 9.17) is 19.9 Å². The van der Waals surface area contributed by atoms with Crippen molar-refractivity contribution in [2.24, 2.45) is 10.7 Å². The predicted octanol–water partition coefficient (Wildman–Crippen LogP) is 2.83. The third kappa shape index (κ3) is 7.78. The molecule has 0 bridgehead atoms. The molecule has 39 heavy (non-hydrogen) atoms. The number of amidine groups is 1.